The maximum atomic E-state index is 11.7. The lowest BCUT2D eigenvalue weighted by Crippen LogP contribution is -2.35. The van der Waals surface area contributed by atoms with Gasteiger partial charge in [0.25, 0.3) is 0 Å². The van der Waals surface area contributed by atoms with Crippen molar-refractivity contribution >= 4 is 23.3 Å². The number of rotatable bonds is 4. The third kappa shape index (κ3) is 3.16. The Morgan fingerprint density at radius 3 is 2.71 bits per heavy atom. The third-order valence-electron chi connectivity index (χ3n) is 2.34. The quantitative estimate of drug-likeness (QED) is 0.604. The summed E-state index contributed by atoms with van der Waals surface area (Å²) in [4.78, 5) is 23.1. The van der Waals surface area contributed by atoms with Crippen molar-refractivity contribution in [3.05, 3.63) is 21.3 Å². The van der Waals surface area contributed by atoms with Crippen molar-refractivity contribution in [2.24, 2.45) is 0 Å². The smallest absolute Gasteiger partial charge is 0.358 e. The molecule has 0 bridgehead atoms. The number of nitro groups is 1. The predicted octanol–water partition coefficient (Wildman–Crippen LogP) is 1.31. The van der Waals surface area contributed by atoms with Crippen molar-refractivity contribution in [2.75, 3.05) is 7.05 Å². The highest BCUT2D eigenvalue weighted by molar-refractivity contribution is 6.32. The molecule has 0 fully saturated rings. The molecule has 1 amide bonds. The van der Waals surface area contributed by atoms with Gasteiger partial charge in [-0.3, -0.25) is 4.79 Å². The van der Waals surface area contributed by atoms with E-state index < -0.39 is 10.7 Å². The molecule has 17 heavy (non-hydrogen) atoms. The number of carbonyl (C=O) groups excluding carboxylic acids is 1. The number of halogens is 1. The van der Waals surface area contributed by atoms with E-state index >= 15 is 0 Å². The zero-order valence-electron chi connectivity index (χ0n) is 9.75. The number of nitrogens with zero attached hydrogens (tertiary/aromatic N) is 4. The topological polar surface area (TPSA) is 81.3 Å². The molecule has 8 heteroatoms. The first kappa shape index (κ1) is 13.4. The summed E-state index contributed by atoms with van der Waals surface area (Å²) >= 11 is 5.62. The van der Waals surface area contributed by atoms with Crippen LogP contribution < -0.4 is 0 Å². The summed E-state index contributed by atoms with van der Waals surface area (Å²) in [5, 5.41) is 14.1. The standard InChI is InChI=1S/C9H13ClN4O3/c1-6(2)12(3)8(15)5-13-4-7(10)9(11-13)14(16)17/h4,6H,5H2,1-3H3. The van der Waals surface area contributed by atoms with Crippen LogP contribution in [0.15, 0.2) is 6.20 Å². The van der Waals surface area contributed by atoms with Gasteiger partial charge in [0.05, 0.1) is 11.3 Å². The molecule has 0 N–H and O–H groups in total. The molecule has 1 heterocycles. The van der Waals surface area contributed by atoms with E-state index in [0.717, 1.165) is 0 Å². The molecule has 7 nitrogen and oxygen atoms in total. The molecule has 0 saturated carbocycles. The van der Waals surface area contributed by atoms with Crippen molar-refractivity contribution in [1.29, 1.82) is 0 Å². The molecule has 0 aliphatic rings. The Balaban J connectivity index is 2.79. The maximum absolute atomic E-state index is 11.7. The van der Waals surface area contributed by atoms with Crippen LogP contribution in [0.4, 0.5) is 5.82 Å². The second-order valence-electron chi connectivity index (χ2n) is 3.85. The van der Waals surface area contributed by atoms with E-state index in [1.807, 2.05) is 13.8 Å². The van der Waals surface area contributed by atoms with Crippen LogP contribution in [0.5, 0.6) is 0 Å². The lowest BCUT2D eigenvalue weighted by atomic mass is 10.3. The number of hydrogen-bond donors (Lipinski definition) is 0. The van der Waals surface area contributed by atoms with E-state index in [0.29, 0.717) is 0 Å². The molecule has 94 valence electrons. The van der Waals surface area contributed by atoms with Gasteiger partial charge in [-0.05, 0) is 18.8 Å². The predicted molar refractivity (Wildman–Crippen MR) is 61.8 cm³/mol. The fourth-order valence-corrected chi connectivity index (χ4v) is 1.35. The lowest BCUT2D eigenvalue weighted by Gasteiger charge is -2.20. The first-order chi connectivity index (χ1) is 7.82. The second-order valence-corrected chi connectivity index (χ2v) is 4.26. The highest BCUT2D eigenvalue weighted by atomic mass is 35.5. The van der Waals surface area contributed by atoms with Gasteiger partial charge >= 0.3 is 5.82 Å². The molecular formula is C9H13ClN4O3. The van der Waals surface area contributed by atoms with E-state index in [1.54, 1.807) is 7.05 Å². The van der Waals surface area contributed by atoms with Gasteiger partial charge in [0, 0.05) is 13.1 Å². The highest BCUT2D eigenvalue weighted by Gasteiger charge is 2.21. The van der Waals surface area contributed by atoms with Crippen molar-refractivity contribution in [3.63, 3.8) is 0 Å². The fraction of sp³-hybridized carbons (Fsp3) is 0.556. The molecule has 1 rings (SSSR count). The minimum absolute atomic E-state index is 0.0588. The Bertz CT molecular complexity index is 443. The molecule has 0 atom stereocenters. The van der Waals surface area contributed by atoms with E-state index in [1.165, 1.54) is 15.8 Å². The molecular weight excluding hydrogens is 248 g/mol. The lowest BCUT2D eigenvalue weighted by molar-refractivity contribution is -0.389. The van der Waals surface area contributed by atoms with Crippen LogP contribution in [0, 0.1) is 10.1 Å². The normalized spacial score (nSPS) is 10.6. The van der Waals surface area contributed by atoms with Crippen LogP contribution in [0.3, 0.4) is 0 Å². The fourth-order valence-electron chi connectivity index (χ4n) is 1.13. The molecule has 0 aliphatic carbocycles. The van der Waals surface area contributed by atoms with Gasteiger partial charge in [0.1, 0.15) is 6.54 Å². The van der Waals surface area contributed by atoms with Gasteiger partial charge in [-0.25, -0.2) is 0 Å². The van der Waals surface area contributed by atoms with Crippen molar-refractivity contribution in [3.8, 4) is 0 Å². The number of aromatic nitrogens is 2. The second kappa shape index (κ2) is 5.13. The van der Waals surface area contributed by atoms with Gasteiger partial charge < -0.3 is 15.0 Å². The summed E-state index contributed by atoms with van der Waals surface area (Å²) in [6.07, 6.45) is 1.27. The van der Waals surface area contributed by atoms with Crippen molar-refractivity contribution < 1.29 is 9.72 Å². The highest BCUT2D eigenvalue weighted by Crippen LogP contribution is 2.21. The van der Waals surface area contributed by atoms with E-state index in [-0.39, 0.29) is 23.5 Å². The Kier molecular flexibility index (Phi) is 4.06. The van der Waals surface area contributed by atoms with Crippen LogP contribution in [0.2, 0.25) is 5.02 Å². The largest absolute Gasteiger partial charge is 0.408 e. The van der Waals surface area contributed by atoms with E-state index in [4.69, 9.17) is 11.6 Å². The van der Waals surface area contributed by atoms with Gasteiger partial charge in [-0.15, -0.1) is 0 Å². The summed E-state index contributed by atoms with van der Waals surface area (Å²) in [6.45, 7) is 3.68. The molecule has 0 radical (unpaired) electrons. The molecule has 0 aliphatic heterocycles. The van der Waals surface area contributed by atoms with Crippen LogP contribution in [-0.4, -0.2) is 38.6 Å². The first-order valence-corrected chi connectivity index (χ1v) is 5.33. The molecule has 0 unspecified atom stereocenters. The number of carbonyl (C=O) groups is 1. The Morgan fingerprint density at radius 1 is 1.71 bits per heavy atom. The van der Waals surface area contributed by atoms with Crippen LogP contribution >= 0.6 is 11.6 Å². The molecule has 1 aromatic heterocycles. The average molecular weight is 261 g/mol. The minimum Gasteiger partial charge on any atom is -0.358 e. The summed E-state index contributed by atoms with van der Waals surface area (Å²) in [6, 6.07) is 0.0588. The number of likely N-dealkylation sites (N-methyl/N-ethyl adjacent to an activating group) is 1. The van der Waals surface area contributed by atoms with Crippen molar-refractivity contribution in [1.82, 2.24) is 14.7 Å². The van der Waals surface area contributed by atoms with Gasteiger partial charge in [-0.1, -0.05) is 11.6 Å². The monoisotopic (exact) mass is 260 g/mol. The van der Waals surface area contributed by atoms with Gasteiger partial charge in [0.15, 0.2) is 5.02 Å². The summed E-state index contributed by atoms with van der Waals surface area (Å²) in [5.41, 5.74) is 0. The first-order valence-electron chi connectivity index (χ1n) is 4.96. The zero-order valence-corrected chi connectivity index (χ0v) is 10.5. The number of hydrogen-bond acceptors (Lipinski definition) is 4. The number of amides is 1. The van der Waals surface area contributed by atoms with Crippen molar-refractivity contribution in [2.45, 2.75) is 26.4 Å². The molecule has 1 aromatic rings. The third-order valence-corrected chi connectivity index (χ3v) is 2.60. The van der Waals surface area contributed by atoms with E-state index in [2.05, 4.69) is 5.10 Å². The summed E-state index contributed by atoms with van der Waals surface area (Å²) in [7, 11) is 1.66. The maximum Gasteiger partial charge on any atom is 0.408 e. The van der Waals surface area contributed by atoms with Crippen LogP contribution in [0.1, 0.15) is 13.8 Å². The van der Waals surface area contributed by atoms with Gasteiger partial charge in [0.2, 0.25) is 5.91 Å². The summed E-state index contributed by atoms with van der Waals surface area (Å²) < 4.78 is 1.17. The minimum atomic E-state index is -0.685. The van der Waals surface area contributed by atoms with E-state index in [9.17, 15) is 14.9 Å². The Labute approximate surface area is 103 Å². The SMILES string of the molecule is CC(C)N(C)C(=O)Cn1cc(Cl)c([N+](=O)[O-])n1. The summed E-state index contributed by atoms with van der Waals surface area (Å²) in [5.74, 6) is -0.624. The van der Waals surface area contributed by atoms with Crippen LogP contribution in [-0.2, 0) is 11.3 Å². The zero-order chi connectivity index (χ0) is 13.2. The molecule has 0 saturated heterocycles. The van der Waals surface area contributed by atoms with Gasteiger partial charge in [-0.2, -0.15) is 4.68 Å². The molecule has 0 spiro atoms. The van der Waals surface area contributed by atoms with Crippen LogP contribution in [0.25, 0.3) is 0 Å². The Morgan fingerprint density at radius 2 is 2.29 bits per heavy atom. The molecule has 0 aromatic carbocycles. The average Bonchev–Trinajstić information content (AvgIpc) is 2.58. The Hall–Kier alpha value is -1.63.